The Morgan fingerprint density at radius 1 is 1.50 bits per heavy atom. The van der Waals surface area contributed by atoms with E-state index in [0.29, 0.717) is 0 Å². The molecule has 1 saturated carbocycles. The van der Waals surface area contributed by atoms with Gasteiger partial charge in [0.25, 0.3) is 0 Å². The van der Waals surface area contributed by atoms with Crippen LogP contribution >= 0.6 is 24.0 Å². The van der Waals surface area contributed by atoms with Crippen molar-refractivity contribution in [3.8, 4) is 0 Å². The lowest BCUT2D eigenvalue weighted by Gasteiger charge is -2.26. The third kappa shape index (κ3) is 4.47. The van der Waals surface area contributed by atoms with Crippen molar-refractivity contribution >= 4 is 29.9 Å². The van der Waals surface area contributed by atoms with E-state index < -0.39 is 0 Å². The Labute approximate surface area is 125 Å². The predicted molar refractivity (Wildman–Crippen MR) is 84.2 cm³/mol. The van der Waals surface area contributed by atoms with Crippen molar-refractivity contribution in [2.24, 2.45) is 18.0 Å². The zero-order valence-electron chi connectivity index (χ0n) is 11.0. The number of aliphatic imine (C=N–C) groups is 1. The summed E-state index contributed by atoms with van der Waals surface area (Å²) in [4.78, 5) is 4.21. The lowest BCUT2D eigenvalue weighted by molar-refractivity contribution is 0.314. The van der Waals surface area contributed by atoms with Crippen molar-refractivity contribution in [2.75, 3.05) is 13.6 Å². The molecule has 18 heavy (non-hydrogen) atoms. The van der Waals surface area contributed by atoms with Crippen LogP contribution in [-0.2, 0) is 13.6 Å². The minimum Gasteiger partial charge on any atom is -0.356 e. The van der Waals surface area contributed by atoms with Crippen molar-refractivity contribution in [1.82, 2.24) is 20.4 Å². The summed E-state index contributed by atoms with van der Waals surface area (Å²) in [5.41, 5.74) is 1.17. The number of guanidine groups is 1. The van der Waals surface area contributed by atoms with E-state index in [2.05, 4.69) is 20.7 Å². The molecule has 0 bridgehead atoms. The molecule has 0 saturated heterocycles. The van der Waals surface area contributed by atoms with Gasteiger partial charge in [-0.3, -0.25) is 9.67 Å². The molecule has 0 aromatic carbocycles. The van der Waals surface area contributed by atoms with Gasteiger partial charge >= 0.3 is 0 Å². The van der Waals surface area contributed by atoms with Gasteiger partial charge in [-0.1, -0.05) is 6.42 Å². The molecule has 1 aliphatic carbocycles. The number of halogens is 1. The van der Waals surface area contributed by atoms with Gasteiger partial charge < -0.3 is 10.6 Å². The van der Waals surface area contributed by atoms with E-state index in [0.717, 1.165) is 25.0 Å². The number of hydrogen-bond donors (Lipinski definition) is 2. The van der Waals surface area contributed by atoms with Gasteiger partial charge in [0.15, 0.2) is 5.96 Å². The summed E-state index contributed by atoms with van der Waals surface area (Å²) < 4.78 is 1.81. The third-order valence-electron chi connectivity index (χ3n) is 3.22. The lowest BCUT2D eigenvalue weighted by Crippen LogP contribution is -2.40. The molecule has 102 valence electrons. The maximum absolute atomic E-state index is 4.21. The van der Waals surface area contributed by atoms with E-state index >= 15 is 0 Å². The first kappa shape index (κ1) is 15.3. The second kappa shape index (κ2) is 7.60. The van der Waals surface area contributed by atoms with E-state index in [1.807, 2.05) is 24.1 Å². The molecule has 1 aromatic rings. The van der Waals surface area contributed by atoms with Crippen LogP contribution in [0.1, 0.15) is 24.8 Å². The molecule has 2 rings (SSSR count). The van der Waals surface area contributed by atoms with Crippen molar-refractivity contribution < 1.29 is 0 Å². The molecule has 1 heterocycles. The molecule has 5 nitrogen and oxygen atoms in total. The lowest BCUT2D eigenvalue weighted by atomic mass is 9.85. The van der Waals surface area contributed by atoms with Crippen LogP contribution in [0.5, 0.6) is 0 Å². The van der Waals surface area contributed by atoms with Gasteiger partial charge in [0.1, 0.15) is 0 Å². The van der Waals surface area contributed by atoms with Gasteiger partial charge in [-0.15, -0.1) is 24.0 Å². The zero-order chi connectivity index (χ0) is 12.1. The van der Waals surface area contributed by atoms with Crippen LogP contribution in [-0.4, -0.2) is 29.3 Å². The van der Waals surface area contributed by atoms with E-state index in [9.17, 15) is 0 Å². The van der Waals surface area contributed by atoms with Crippen molar-refractivity contribution in [2.45, 2.75) is 25.8 Å². The Hall–Kier alpha value is -0.790. The number of nitrogens with one attached hydrogen (secondary N) is 2. The fourth-order valence-electron chi connectivity index (χ4n) is 1.91. The van der Waals surface area contributed by atoms with Crippen LogP contribution in [0.4, 0.5) is 0 Å². The average Bonchev–Trinajstić information content (AvgIpc) is 2.67. The van der Waals surface area contributed by atoms with Crippen LogP contribution in [0.25, 0.3) is 0 Å². The van der Waals surface area contributed by atoms with Crippen molar-refractivity contribution in [1.29, 1.82) is 0 Å². The molecular weight excluding hydrogens is 341 g/mol. The highest BCUT2D eigenvalue weighted by molar-refractivity contribution is 14.0. The smallest absolute Gasteiger partial charge is 0.191 e. The first-order chi connectivity index (χ1) is 8.28. The quantitative estimate of drug-likeness (QED) is 0.484. The number of nitrogens with zero attached hydrogens (tertiary/aromatic N) is 3. The van der Waals surface area contributed by atoms with Gasteiger partial charge in [0.2, 0.25) is 0 Å². The van der Waals surface area contributed by atoms with Crippen LogP contribution in [0.15, 0.2) is 17.4 Å². The highest BCUT2D eigenvalue weighted by Gasteiger charge is 2.17. The molecule has 6 heteroatoms. The molecule has 1 aromatic heterocycles. The van der Waals surface area contributed by atoms with Crippen molar-refractivity contribution in [3.63, 3.8) is 0 Å². The van der Waals surface area contributed by atoms with Gasteiger partial charge in [-0.2, -0.15) is 5.10 Å². The monoisotopic (exact) mass is 363 g/mol. The molecular formula is C12H22IN5. The van der Waals surface area contributed by atoms with Gasteiger partial charge in [-0.05, 0) is 18.8 Å². The average molecular weight is 363 g/mol. The Kier molecular flexibility index (Phi) is 6.45. The minimum absolute atomic E-state index is 0. The number of rotatable bonds is 4. The Morgan fingerprint density at radius 3 is 2.78 bits per heavy atom. The molecule has 2 N–H and O–H groups in total. The topological polar surface area (TPSA) is 54.2 Å². The number of aryl methyl sites for hydroxylation is 1. The first-order valence-corrected chi connectivity index (χ1v) is 6.20. The molecule has 1 aliphatic rings. The molecule has 0 atom stereocenters. The molecule has 1 fully saturated rings. The molecule has 0 spiro atoms. The molecule has 0 amide bonds. The van der Waals surface area contributed by atoms with Crippen LogP contribution in [0.2, 0.25) is 0 Å². The summed E-state index contributed by atoms with van der Waals surface area (Å²) in [7, 11) is 3.73. The fourth-order valence-corrected chi connectivity index (χ4v) is 1.91. The summed E-state index contributed by atoms with van der Waals surface area (Å²) in [6, 6.07) is 0. The van der Waals surface area contributed by atoms with E-state index in [1.165, 1.54) is 24.8 Å². The molecule has 0 radical (unpaired) electrons. The summed E-state index contributed by atoms with van der Waals surface area (Å²) in [6.07, 6.45) is 7.96. The van der Waals surface area contributed by atoms with Crippen molar-refractivity contribution in [3.05, 3.63) is 18.0 Å². The normalized spacial score (nSPS) is 15.8. The Morgan fingerprint density at radius 2 is 2.28 bits per heavy atom. The van der Waals surface area contributed by atoms with Gasteiger partial charge in [0.05, 0.1) is 6.20 Å². The van der Waals surface area contributed by atoms with Crippen LogP contribution in [0, 0.1) is 5.92 Å². The van der Waals surface area contributed by atoms with Crippen LogP contribution < -0.4 is 10.6 Å². The largest absolute Gasteiger partial charge is 0.356 e. The summed E-state index contributed by atoms with van der Waals surface area (Å²) in [5, 5.41) is 10.8. The van der Waals surface area contributed by atoms with E-state index in [-0.39, 0.29) is 24.0 Å². The Bertz CT molecular complexity index is 384. The van der Waals surface area contributed by atoms with E-state index in [1.54, 1.807) is 7.05 Å². The molecule has 0 unspecified atom stereocenters. The van der Waals surface area contributed by atoms with Gasteiger partial charge in [0, 0.05) is 38.9 Å². The summed E-state index contributed by atoms with van der Waals surface area (Å²) in [6.45, 7) is 1.80. The summed E-state index contributed by atoms with van der Waals surface area (Å²) in [5.74, 6) is 1.72. The highest BCUT2D eigenvalue weighted by atomic mass is 127. The standard InChI is InChI=1S/C12H21N5.HI/c1-13-12(14-6-10-4-3-5-10)15-7-11-8-16-17(2)9-11;/h8-10H,3-7H2,1-2H3,(H2,13,14,15);1H. The second-order valence-corrected chi connectivity index (χ2v) is 4.63. The SMILES string of the molecule is CN=C(NCc1cnn(C)c1)NCC1CCC1.I. The van der Waals surface area contributed by atoms with Gasteiger partial charge in [-0.25, -0.2) is 0 Å². The highest BCUT2D eigenvalue weighted by Crippen LogP contribution is 2.24. The fraction of sp³-hybridized carbons (Fsp3) is 0.667. The number of hydrogen-bond acceptors (Lipinski definition) is 2. The van der Waals surface area contributed by atoms with Crippen LogP contribution in [0.3, 0.4) is 0 Å². The third-order valence-corrected chi connectivity index (χ3v) is 3.22. The minimum atomic E-state index is 0. The first-order valence-electron chi connectivity index (χ1n) is 6.20. The maximum atomic E-state index is 4.21. The second-order valence-electron chi connectivity index (χ2n) is 4.63. The predicted octanol–water partition coefficient (Wildman–Crippen LogP) is 1.50. The summed E-state index contributed by atoms with van der Waals surface area (Å²) >= 11 is 0. The Balaban J connectivity index is 0.00000162. The molecule has 0 aliphatic heterocycles. The maximum Gasteiger partial charge on any atom is 0.191 e. The zero-order valence-corrected chi connectivity index (χ0v) is 13.3. The van der Waals surface area contributed by atoms with E-state index in [4.69, 9.17) is 0 Å². The number of aromatic nitrogens is 2.